The molecule has 0 saturated carbocycles. The van der Waals surface area contributed by atoms with Crippen molar-refractivity contribution in [1.29, 1.82) is 0 Å². The molecule has 1 atom stereocenters. The van der Waals surface area contributed by atoms with Crippen molar-refractivity contribution in [1.82, 2.24) is 0 Å². The van der Waals surface area contributed by atoms with Crippen molar-refractivity contribution in [3.63, 3.8) is 0 Å². The summed E-state index contributed by atoms with van der Waals surface area (Å²) in [5, 5.41) is 0. The molecule has 1 unspecified atom stereocenters. The lowest BCUT2D eigenvalue weighted by atomic mass is 10.2. The molecular formula is C9H13ClO5. The van der Waals surface area contributed by atoms with Gasteiger partial charge in [-0.25, -0.2) is 0 Å². The summed E-state index contributed by atoms with van der Waals surface area (Å²) in [5.74, 6) is -3.11. The molecule has 5 nitrogen and oxygen atoms in total. The molecule has 86 valence electrons. The molecule has 0 bridgehead atoms. The predicted molar refractivity (Wildman–Crippen MR) is 52.5 cm³/mol. The number of hydrogen-bond acceptors (Lipinski definition) is 5. The van der Waals surface area contributed by atoms with Crippen LogP contribution in [0.2, 0.25) is 0 Å². The second-order valence-electron chi connectivity index (χ2n) is 2.75. The fraction of sp³-hybridized carbons (Fsp3) is 0.667. The number of Topliss-reactive ketones (excluding diaryl/α,β-unsaturated/α-hetero) is 1. The van der Waals surface area contributed by atoms with Crippen LogP contribution in [0.3, 0.4) is 0 Å². The summed E-state index contributed by atoms with van der Waals surface area (Å²) in [7, 11) is 0. The number of carbonyl (C=O) groups excluding carboxylic acids is 3. The highest BCUT2D eigenvalue weighted by Crippen LogP contribution is 2.02. The van der Waals surface area contributed by atoms with Gasteiger partial charge in [0, 0.05) is 0 Å². The average Bonchev–Trinajstić information content (AvgIpc) is 2.24. The van der Waals surface area contributed by atoms with Gasteiger partial charge in [0.15, 0.2) is 18.3 Å². The van der Waals surface area contributed by atoms with Crippen LogP contribution in [0.4, 0.5) is 0 Å². The first-order valence-electron chi connectivity index (χ1n) is 4.43. The molecule has 0 rings (SSSR count). The highest BCUT2D eigenvalue weighted by atomic mass is 35.5. The standard InChI is InChI=1S/C9H13ClO5/c1-3-14-8(12)6(2)9(13)15-5-7(11)4-10/h6H,3-5H2,1-2H3. The summed E-state index contributed by atoms with van der Waals surface area (Å²) in [4.78, 5) is 32.9. The lowest BCUT2D eigenvalue weighted by Gasteiger charge is -2.09. The van der Waals surface area contributed by atoms with Gasteiger partial charge in [-0.3, -0.25) is 14.4 Å². The Hall–Kier alpha value is -1.10. The molecule has 0 spiro atoms. The molecule has 0 saturated heterocycles. The van der Waals surface area contributed by atoms with Gasteiger partial charge in [-0.2, -0.15) is 0 Å². The SMILES string of the molecule is CCOC(=O)C(C)C(=O)OCC(=O)CCl. The van der Waals surface area contributed by atoms with E-state index in [0.717, 1.165) is 0 Å². The Morgan fingerprint density at radius 2 is 1.73 bits per heavy atom. The predicted octanol–water partition coefficient (Wildman–Crippen LogP) is 0.537. The first kappa shape index (κ1) is 13.9. The quantitative estimate of drug-likeness (QED) is 0.382. The normalized spacial score (nSPS) is 11.7. The second kappa shape index (κ2) is 7.23. The average molecular weight is 237 g/mol. The van der Waals surface area contributed by atoms with Crippen molar-refractivity contribution in [2.75, 3.05) is 19.1 Å². The van der Waals surface area contributed by atoms with Crippen LogP contribution >= 0.6 is 11.6 Å². The Bertz CT molecular complexity index is 251. The first-order valence-corrected chi connectivity index (χ1v) is 4.97. The van der Waals surface area contributed by atoms with Gasteiger partial charge in [-0.1, -0.05) is 0 Å². The number of carbonyl (C=O) groups is 3. The minimum atomic E-state index is -1.02. The second-order valence-corrected chi connectivity index (χ2v) is 3.02. The first-order chi connectivity index (χ1) is 7.02. The van der Waals surface area contributed by atoms with E-state index in [2.05, 4.69) is 9.47 Å². The molecule has 15 heavy (non-hydrogen) atoms. The molecule has 0 amide bonds. The summed E-state index contributed by atoms with van der Waals surface area (Å²) in [6, 6.07) is 0. The van der Waals surface area contributed by atoms with Crippen molar-refractivity contribution in [3.05, 3.63) is 0 Å². The Labute approximate surface area is 92.7 Å². The van der Waals surface area contributed by atoms with Gasteiger partial charge in [0.05, 0.1) is 12.5 Å². The molecule has 0 radical (unpaired) electrons. The summed E-state index contributed by atoms with van der Waals surface area (Å²) in [6.45, 7) is 2.77. The number of ketones is 1. The van der Waals surface area contributed by atoms with E-state index >= 15 is 0 Å². The lowest BCUT2D eigenvalue weighted by molar-refractivity contribution is -0.162. The highest BCUT2D eigenvalue weighted by Gasteiger charge is 2.24. The number of halogens is 1. The Morgan fingerprint density at radius 1 is 1.20 bits per heavy atom. The van der Waals surface area contributed by atoms with Crippen LogP contribution in [0, 0.1) is 5.92 Å². The van der Waals surface area contributed by atoms with Gasteiger partial charge in [-0.15, -0.1) is 11.6 Å². The van der Waals surface area contributed by atoms with Gasteiger partial charge >= 0.3 is 11.9 Å². The molecule has 0 aromatic heterocycles. The van der Waals surface area contributed by atoms with E-state index in [4.69, 9.17) is 11.6 Å². The molecule has 0 aromatic carbocycles. The molecular weight excluding hydrogens is 224 g/mol. The third kappa shape index (κ3) is 5.37. The number of rotatable bonds is 6. The van der Waals surface area contributed by atoms with Crippen LogP contribution in [0.5, 0.6) is 0 Å². The minimum absolute atomic E-state index is 0.192. The highest BCUT2D eigenvalue weighted by molar-refractivity contribution is 6.27. The Kier molecular flexibility index (Phi) is 6.70. The van der Waals surface area contributed by atoms with Gasteiger partial charge < -0.3 is 9.47 Å². The zero-order valence-electron chi connectivity index (χ0n) is 8.62. The lowest BCUT2D eigenvalue weighted by Crippen LogP contribution is -2.27. The summed E-state index contributed by atoms with van der Waals surface area (Å²) in [5.41, 5.74) is 0. The third-order valence-corrected chi connectivity index (χ3v) is 1.82. The zero-order valence-corrected chi connectivity index (χ0v) is 9.37. The van der Waals surface area contributed by atoms with Gasteiger partial charge in [0.1, 0.15) is 0 Å². The maximum atomic E-state index is 11.2. The van der Waals surface area contributed by atoms with Gasteiger partial charge in [-0.05, 0) is 13.8 Å². The Balaban J connectivity index is 3.99. The van der Waals surface area contributed by atoms with Crippen LogP contribution in [0.1, 0.15) is 13.8 Å². The molecule has 0 aliphatic carbocycles. The maximum Gasteiger partial charge on any atom is 0.320 e. The number of alkyl halides is 1. The van der Waals surface area contributed by atoms with E-state index in [1.807, 2.05) is 0 Å². The van der Waals surface area contributed by atoms with Crippen LogP contribution in [-0.4, -0.2) is 36.8 Å². The van der Waals surface area contributed by atoms with Gasteiger partial charge in [0.2, 0.25) is 0 Å². The van der Waals surface area contributed by atoms with E-state index in [1.54, 1.807) is 6.92 Å². The zero-order chi connectivity index (χ0) is 11.8. The summed E-state index contributed by atoms with van der Waals surface area (Å²) >= 11 is 5.19. The molecule has 0 heterocycles. The van der Waals surface area contributed by atoms with E-state index < -0.39 is 30.2 Å². The van der Waals surface area contributed by atoms with Gasteiger partial charge in [0.25, 0.3) is 0 Å². The molecule has 0 N–H and O–H groups in total. The van der Waals surface area contributed by atoms with Crippen molar-refractivity contribution in [2.45, 2.75) is 13.8 Å². The van der Waals surface area contributed by atoms with Crippen LogP contribution in [0.25, 0.3) is 0 Å². The summed E-state index contributed by atoms with van der Waals surface area (Å²) < 4.78 is 9.16. The topological polar surface area (TPSA) is 69.7 Å². The number of ether oxygens (including phenoxy) is 2. The van der Waals surface area contributed by atoms with Crippen molar-refractivity contribution in [2.24, 2.45) is 5.92 Å². The molecule has 0 aliphatic rings. The monoisotopic (exact) mass is 236 g/mol. The van der Waals surface area contributed by atoms with E-state index in [9.17, 15) is 14.4 Å². The van der Waals surface area contributed by atoms with Crippen molar-refractivity contribution < 1.29 is 23.9 Å². The molecule has 6 heteroatoms. The molecule has 0 aromatic rings. The van der Waals surface area contributed by atoms with E-state index in [0.29, 0.717) is 0 Å². The molecule has 0 fully saturated rings. The van der Waals surface area contributed by atoms with Crippen molar-refractivity contribution >= 4 is 29.3 Å². The fourth-order valence-corrected chi connectivity index (χ4v) is 0.756. The van der Waals surface area contributed by atoms with Crippen molar-refractivity contribution in [3.8, 4) is 0 Å². The smallest absolute Gasteiger partial charge is 0.320 e. The largest absolute Gasteiger partial charge is 0.465 e. The number of hydrogen-bond donors (Lipinski definition) is 0. The van der Waals surface area contributed by atoms with Crippen LogP contribution in [-0.2, 0) is 23.9 Å². The third-order valence-electron chi connectivity index (χ3n) is 1.52. The summed E-state index contributed by atoms with van der Waals surface area (Å²) in [6.07, 6.45) is 0. The van der Waals surface area contributed by atoms with Crippen LogP contribution < -0.4 is 0 Å². The maximum absolute atomic E-state index is 11.2. The molecule has 0 aliphatic heterocycles. The number of esters is 2. The minimum Gasteiger partial charge on any atom is -0.465 e. The van der Waals surface area contributed by atoms with Crippen LogP contribution in [0.15, 0.2) is 0 Å². The Morgan fingerprint density at radius 3 is 2.20 bits per heavy atom. The van der Waals surface area contributed by atoms with E-state index in [-0.39, 0.29) is 12.5 Å². The van der Waals surface area contributed by atoms with E-state index in [1.165, 1.54) is 6.92 Å². The fourth-order valence-electron chi connectivity index (χ4n) is 0.679.